The van der Waals surface area contributed by atoms with Gasteiger partial charge in [0.05, 0.1) is 5.69 Å². The molecule has 6 heteroatoms. The Morgan fingerprint density at radius 1 is 1.19 bits per heavy atom. The lowest BCUT2D eigenvalue weighted by Gasteiger charge is -2.32. The number of hydrogen-bond donors (Lipinski definition) is 2. The Morgan fingerprint density at radius 3 is 2.62 bits per heavy atom. The van der Waals surface area contributed by atoms with Crippen LogP contribution in [-0.4, -0.2) is 73.1 Å². The van der Waals surface area contributed by atoms with Crippen LogP contribution in [0.5, 0.6) is 0 Å². The Labute approximate surface area is 126 Å². The molecule has 0 aromatic carbocycles. The largest absolute Gasteiger partial charge is 0.369 e. The molecular weight excluding hydrogens is 264 g/mol. The van der Waals surface area contributed by atoms with Gasteiger partial charge in [0.25, 0.3) is 0 Å². The third kappa shape index (κ3) is 4.04. The predicted molar refractivity (Wildman–Crippen MR) is 86.0 cm³/mol. The van der Waals surface area contributed by atoms with Gasteiger partial charge in [-0.2, -0.15) is 4.98 Å². The highest BCUT2D eigenvalue weighted by Gasteiger charge is 2.26. The highest BCUT2D eigenvalue weighted by atomic mass is 15.3. The highest BCUT2D eigenvalue weighted by molar-refractivity contribution is 5.43. The molecule has 1 aliphatic heterocycles. The van der Waals surface area contributed by atoms with Crippen molar-refractivity contribution in [2.45, 2.75) is 18.8 Å². The van der Waals surface area contributed by atoms with Crippen molar-refractivity contribution in [1.29, 1.82) is 0 Å². The number of rotatable bonds is 6. The predicted octanol–water partition coefficient (Wildman–Crippen LogP) is 1.06. The normalized spacial score (nSPS) is 20.5. The number of piperazine rings is 1. The molecule has 1 saturated carbocycles. The second kappa shape index (κ2) is 6.58. The Bertz CT molecular complexity index is 465. The topological polar surface area (TPSA) is 56.3 Å². The van der Waals surface area contributed by atoms with Crippen molar-refractivity contribution < 1.29 is 0 Å². The first-order valence-electron chi connectivity index (χ1n) is 7.96. The van der Waals surface area contributed by atoms with Crippen LogP contribution in [0.3, 0.4) is 0 Å². The summed E-state index contributed by atoms with van der Waals surface area (Å²) in [5, 5.41) is 6.51. The molecule has 6 nitrogen and oxygen atoms in total. The van der Waals surface area contributed by atoms with Gasteiger partial charge in [-0.05, 0) is 19.9 Å². The van der Waals surface area contributed by atoms with Crippen LogP contribution in [0.1, 0.15) is 24.5 Å². The number of nitrogens with one attached hydrogen (secondary N) is 2. The highest BCUT2D eigenvalue weighted by Crippen LogP contribution is 2.39. The quantitative estimate of drug-likeness (QED) is 0.817. The molecule has 116 valence electrons. The summed E-state index contributed by atoms with van der Waals surface area (Å²) in [6, 6.07) is 2.11. The van der Waals surface area contributed by atoms with Gasteiger partial charge in [0, 0.05) is 58.3 Å². The molecule has 0 radical (unpaired) electrons. The number of aromatic nitrogens is 2. The minimum Gasteiger partial charge on any atom is -0.369 e. The molecular formula is C15H26N6. The van der Waals surface area contributed by atoms with Gasteiger partial charge in [-0.3, -0.25) is 4.90 Å². The van der Waals surface area contributed by atoms with E-state index in [2.05, 4.69) is 43.5 Å². The van der Waals surface area contributed by atoms with Crippen LogP contribution in [0, 0.1) is 0 Å². The van der Waals surface area contributed by atoms with Gasteiger partial charge in [0.15, 0.2) is 0 Å². The SMILES string of the molecule is CNc1nc(NCCN2CCN(C)CC2)cc(C2CC2)n1. The molecule has 2 heterocycles. The molecule has 0 amide bonds. The van der Waals surface area contributed by atoms with Gasteiger partial charge >= 0.3 is 0 Å². The first-order valence-corrected chi connectivity index (χ1v) is 7.96. The van der Waals surface area contributed by atoms with Crippen LogP contribution >= 0.6 is 0 Å². The first kappa shape index (κ1) is 14.5. The summed E-state index contributed by atoms with van der Waals surface area (Å²) in [6.07, 6.45) is 2.53. The third-order valence-electron chi connectivity index (χ3n) is 4.30. The zero-order chi connectivity index (χ0) is 14.7. The van der Waals surface area contributed by atoms with Crippen LogP contribution < -0.4 is 10.6 Å². The monoisotopic (exact) mass is 290 g/mol. The number of hydrogen-bond acceptors (Lipinski definition) is 6. The van der Waals surface area contributed by atoms with Gasteiger partial charge in [-0.1, -0.05) is 0 Å². The lowest BCUT2D eigenvalue weighted by molar-refractivity contribution is 0.158. The summed E-state index contributed by atoms with van der Waals surface area (Å²) >= 11 is 0. The van der Waals surface area contributed by atoms with E-state index in [1.54, 1.807) is 0 Å². The summed E-state index contributed by atoms with van der Waals surface area (Å²) < 4.78 is 0. The molecule has 0 bridgehead atoms. The Balaban J connectivity index is 1.51. The molecule has 0 unspecified atom stereocenters. The Hall–Kier alpha value is -1.40. The van der Waals surface area contributed by atoms with E-state index in [4.69, 9.17) is 0 Å². The summed E-state index contributed by atoms with van der Waals surface area (Å²) in [6.45, 7) is 6.68. The van der Waals surface area contributed by atoms with Crippen molar-refractivity contribution in [1.82, 2.24) is 19.8 Å². The molecule has 1 saturated heterocycles. The van der Waals surface area contributed by atoms with Crippen molar-refractivity contribution in [2.24, 2.45) is 0 Å². The Morgan fingerprint density at radius 2 is 1.95 bits per heavy atom. The molecule has 1 aliphatic carbocycles. The fourth-order valence-corrected chi connectivity index (χ4v) is 2.67. The van der Waals surface area contributed by atoms with Crippen LogP contribution in [0.2, 0.25) is 0 Å². The molecule has 21 heavy (non-hydrogen) atoms. The fourth-order valence-electron chi connectivity index (χ4n) is 2.67. The van der Waals surface area contributed by atoms with Crippen LogP contribution in [0.4, 0.5) is 11.8 Å². The van der Waals surface area contributed by atoms with E-state index >= 15 is 0 Å². The van der Waals surface area contributed by atoms with Gasteiger partial charge < -0.3 is 15.5 Å². The number of anilines is 2. The molecule has 0 spiro atoms. The average molecular weight is 290 g/mol. The maximum absolute atomic E-state index is 4.54. The Kier molecular flexibility index (Phi) is 4.55. The standard InChI is InChI=1S/C15H26N6/c1-16-15-18-13(12-3-4-12)11-14(19-15)17-5-6-21-9-7-20(2)8-10-21/h11-12H,3-10H2,1-2H3,(H2,16,17,18,19). The van der Waals surface area contributed by atoms with Crippen molar-refractivity contribution >= 4 is 11.8 Å². The van der Waals surface area contributed by atoms with Crippen molar-refractivity contribution in [3.63, 3.8) is 0 Å². The van der Waals surface area contributed by atoms with E-state index in [1.165, 1.54) is 31.6 Å². The summed E-state index contributed by atoms with van der Waals surface area (Å²) in [4.78, 5) is 13.9. The minimum atomic E-state index is 0.651. The second-order valence-corrected chi connectivity index (χ2v) is 6.10. The van der Waals surface area contributed by atoms with E-state index in [0.717, 1.165) is 37.9 Å². The molecule has 3 rings (SSSR count). The zero-order valence-corrected chi connectivity index (χ0v) is 13.1. The smallest absolute Gasteiger partial charge is 0.224 e. The van der Waals surface area contributed by atoms with Crippen molar-refractivity contribution in [2.75, 3.05) is 64.0 Å². The minimum absolute atomic E-state index is 0.651. The molecule has 1 aromatic rings. The maximum atomic E-state index is 4.54. The molecule has 0 atom stereocenters. The van der Waals surface area contributed by atoms with E-state index in [1.807, 2.05) is 7.05 Å². The fraction of sp³-hybridized carbons (Fsp3) is 0.733. The number of nitrogens with zero attached hydrogens (tertiary/aromatic N) is 4. The van der Waals surface area contributed by atoms with Gasteiger partial charge in [-0.25, -0.2) is 4.98 Å². The van der Waals surface area contributed by atoms with E-state index < -0.39 is 0 Å². The summed E-state index contributed by atoms with van der Waals surface area (Å²) in [5.41, 5.74) is 1.18. The summed E-state index contributed by atoms with van der Waals surface area (Å²) in [5.74, 6) is 2.32. The van der Waals surface area contributed by atoms with Crippen LogP contribution in [0.15, 0.2) is 6.07 Å². The first-order chi connectivity index (χ1) is 10.2. The van der Waals surface area contributed by atoms with E-state index in [9.17, 15) is 0 Å². The van der Waals surface area contributed by atoms with E-state index in [0.29, 0.717) is 5.92 Å². The third-order valence-corrected chi connectivity index (χ3v) is 4.30. The van der Waals surface area contributed by atoms with Crippen LogP contribution in [-0.2, 0) is 0 Å². The molecule has 2 N–H and O–H groups in total. The van der Waals surface area contributed by atoms with Crippen molar-refractivity contribution in [3.8, 4) is 0 Å². The maximum Gasteiger partial charge on any atom is 0.224 e. The second-order valence-electron chi connectivity index (χ2n) is 6.10. The average Bonchev–Trinajstić information content (AvgIpc) is 3.34. The van der Waals surface area contributed by atoms with Gasteiger partial charge in [0.2, 0.25) is 5.95 Å². The number of likely N-dealkylation sites (N-methyl/N-ethyl adjacent to an activating group) is 1. The molecule has 2 aliphatic rings. The summed E-state index contributed by atoms with van der Waals surface area (Å²) in [7, 11) is 4.06. The molecule has 2 fully saturated rings. The molecule has 1 aromatic heterocycles. The van der Waals surface area contributed by atoms with Crippen molar-refractivity contribution in [3.05, 3.63) is 11.8 Å². The van der Waals surface area contributed by atoms with Gasteiger partial charge in [0.1, 0.15) is 5.82 Å². The van der Waals surface area contributed by atoms with Gasteiger partial charge in [-0.15, -0.1) is 0 Å². The zero-order valence-electron chi connectivity index (χ0n) is 13.1. The van der Waals surface area contributed by atoms with Crippen LogP contribution in [0.25, 0.3) is 0 Å². The lowest BCUT2D eigenvalue weighted by Crippen LogP contribution is -2.45. The van der Waals surface area contributed by atoms with E-state index in [-0.39, 0.29) is 0 Å². The lowest BCUT2D eigenvalue weighted by atomic mass is 10.3.